The maximum atomic E-state index is 11.2. The lowest BCUT2D eigenvalue weighted by atomic mass is 9.87. The molecule has 0 amide bonds. The van der Waals surface area contributed by atoms with Crippen molar-refractivity contribution in [3.63, 3.8) is 0 Å². The first-order valence-corrected chi connectivity index (χ1v) is 7.92. The second-order valence-electron chi connectivity index (χ2n) is 5.58. The predicted molar refractivity (Wildman–Crippen MR) is 82.8 cm³/mol. The molecule has 2 atom stereocenters. The number of carboxylic acids is 1. The zero-order chi connectivity index (χ0) is 15.2. The molecule has 0 saturated heterocycles. The summed E-state index contributed by atoms with van der Waals surface area (Å²) in [5.74, 6) is -0.156. The summed E-state index contributed by atoms with van der Waals surface area (Å²) in [6.45, 7) is 5.00. The Balaban J connectivity index is 2.23. The van der Waals surface area contributed by atoms with E-state index in [0.29, 0.717) is 12.5 Å². The van der Waals surface area contributed by atoms with Gasteiger partial charge in [-0.15, -0.1) is 0 Å². The molecule has 1 aliphatic carbocycles. The van der Waals surface area contributed by atoms with Gasteiger partial charge < -0.3 is 15.2 Å². The highest BCUT2D eigenvalue weighted by Crippen LogP contribution is 2.35. The van der Waals surface area contributed by atoms with Crippen LogP contribution in [0.3, 0.4) is 0 Å². The number of fused-ring (bicyclic) bond motifs is 1. The third-order valence-electron chi connectivity index (χ3n) is 4.02. The van der Waals surface area contributed by atoms with E-state index < -0.39 is 12.1 Å². The van der Waals surface area contributed by atoms with Crippen molar-refractivity contribution in [2.45, 2.75) is 58.1 Å². The summed E-state index contributed by atoms with van der Waals surface area (Å²) in [7, 11) is 0. The standard InChI is InChI=1S/C17H25NO3/c1-3-11-18-14-9-5-8-13-12(14)7-6-10-16(13)21-15(4-2)17(19)20/h6-7,10,14-15,18H,3-5,8-9,11H2,1-2H3,(H,19,20). The van der Waals surface area contributed by atoms with Crippen LogP contribution in [-0.2, 0) is 11.2 Å². The molecule has 1 aliphatic rings. The van der Waals surface area contributed by atoms with Crippen molar-refractivity contribution >= 4 is 5.97 Å². The van der Waals surface area contributed by atoms with Gasteiger partial charge in [0.25, 0.3) is 0 Å². The molecule has 4 heteroatoms. The third-order valence-corrected chi connectivity index (χ3v) is 4.02. The fourth-order valence-electron chi connectivity index (χ4n) is 2.92. The van der Waals surface area contributed by atoms with Gasteiger partial charge in [-0.3, -0.25) is 0 Å². The number of hydrogen-bond donors (Lipinski definition) is 2. The van der Waals surface area contributed by atoms with Crippen LogP contribution >= 0.6 is 0 Å². The van der Waals surface area contributed by atoms with E-state index in [9.17, 15) is 4.79 Å². The molecule has 21 heavy (non-hydrogen) atoms. The first-order chi connectivity index (χ1) is 10.2. The van der Waals surface area contributed by atoms with Crippen molar-refractivity contribution < 1.29 is 14.6 Å². The van der Waals surface area contributed by atoms with Crippen LogP contribution in [0.15, 0.2) is 18.2 Å². The summed E-state index contributed by atoms with van der Waals surface area (Å²) < 4.78 is 5.75. The van der Waals surface area contributed by atoms with Crippen molar-refractivity contribution in [1.29, 1.82) is 0 Å². The van der Waals surface area contributed by atoms with Gasteiger partial charge >= 0.3 is 5.97 Å². The van der Waals surface area contributed by atoms with Crippen molar-refractivity contribution in [3.8, 4) is 5.75 Å². The fourth-order valence-corrected chi connectivity index (χ4v) is 2.92. The normalized spacial score (nSPS) is 18.9. The highest BCUT2D eigenvalue weighted by molar-refractivity contribution is 5.72. The van der Waals surface area contributed by atoms with Crippen molar-refractivity contribution in [2.75, 3.05) is 6.54 Å². The molecule has 0 spiro atoms. The van der Waals surface area contributed by atoms with Crippen LogP contribution < -0.4 is 10.1 Å². The first kappa shape index (κ1) is 15.8. The summed E-state index contributed by atoms with van der Waals surface area (Å²) in [6.07, 6.45) is 4.02. The average molecular weight is 291 g/mol. The largest absolute Gasteiger partial charge is 0.479 e. The van der Waals surface area contributed by atoms with Crippen LogP contribution in [0.1, 0.15) is 56.7 Å². The van der Waals surface area contributed by atoms with Gasteiger partial charge in [0.05, 0.1) is 0 Å². The van der Waals surface area contributed by atoms with E-state index in [-0.39, 0.29) is 0 Å². The lowest BCUT2D eigenvalue weighted by molar-refractivity contribution is -0.145. The van der Waals surface area contributed by atoms with Gasteiger partial charge in [0.2, 0.25) is 0 Å². The van der Waals surface area contributed by atoms with Crippen LogP contribution in [0.25, 0.3) is 0 Å². The van der Waals surface area contributed by atoms with Crippen molar-refractivity contribution in [3.05, 3.63) is 29.3 Å². The maximum Gasteiger partial charge on any atom is 0.344 e. The number of aliphatic carboxylic acids is 1. The van der Waals surface area contributed by atoms with Gasteiger partial charge in [0.15, 0.2) is 6.10 Å². The monoisotopic (exact) mass is 291 g/mol. The van der Waals surface area contributed by atoms with Crippen molar-refractivity contribution in [2.24, 2.45) is 0 Å². The Kier molecular flexibility index (Phi) is 5.62. The summed E-state index contributed by atoms with van der Waals surface area (Å²) in [5.41, 5.74) is 2.45. The molecule has 2 unspecified atom stereocenters. The van der Waals surface area contributed by atoms with Crippen LogP contribution in [0, 0.1) is 0 Å². The number of carboxylic acid groups (broad SMARTS) is 1. The minimum Gasteiger partial charge on any atom is -0.479 e. The zero-order valence-electron chi connectivity index (χ0n) is 12.9. The van der Waals surface area contributed by atoms with Crippen LogP contribution in [0.2, 0.25) is 0 Å². The third kappa shape index (κ3) is 3.76. The Labute approximate surface area is 126 Å². The molecule has 0 saturated carbocycles. The number of rotatable bonds is 7. The SMILES string of the molecule is CCCNC1CCCc2c(OC(CC)C(=O)O)cccc21. The van der Waals surface area contributed by atoms with Gasteiger partial charge in [-0.25, -0.2) is 4.79 Å². The molecule has 0 aliphatic heterocycles. The van der Waals surface area contributed by atoms with Crippen molar-refractivity contribution in [1.82, 2.24) is 5.32 Å². The van der Waals surface area contributed by atoms with E-state index in [1.165, 1.54) is 11.1 Å². The minimum absolute atomic E-state index is 0.363. The van der Waals surface area contributed by atoms with Gasteiger partial charge in [-0.1, -0.05) is 26.0 Å². The number of benzene rings is 1. The number of hydrogen-bond acceptors (Lipinski definition) is 3. The zero-order valence-corrected chi connectivity index (χ0v) is 12.9. The Bertz CT molecular complexity index is 487. The topological polar surface area (TPSA) is 58.6 Å². The Morgan fingerprint density at radius 2 is 2.29 bits per heavy atom. The highest BCUT2D eigenvalue weighted by Gasteiger charge is 2.24. The minimum atomic E-state index is -0.897. The molecule has 0 bridgehead atoms. The second kappa shape index (κ2) is 7.46. The molecular weight excluding hydrogens is 266 g/mol. The van der Waals surface area contributed by atoms with Gasteiger partial charge in [0, 0.05) is 6.04 Å². The molecule has 2 N–H and O–H groups in total. The molecule has 0 heterocycles. The summed E-state index contributed by atoms with van der Waals surface area (Å²) in [5, 5.41) is 12.7. The molecule has 116 valence electrons. The molecule has 1 aromatic rings. The predicted octanol–water partition coefficient (Wildman–Crippen LogP) is 3.31. The van der Waals surface area contributed by atoms with Crippen LogP contribution in [-0.4, -0.2) is 23.7 Å². The van der Waals surface area contributed by atoms with E-state index in [1.807, 2.05) is 19.1 Å². The Morgan fingerprint density at radius 3 is 2.95 bits per heavy atom. The summed E-state index contributed by atoms with van der Waals surface area (Å²) in [6, 6.07) is 6.36. The summed E-state index contributed by atoms with van der Waals surface area (Å²) in [4.78, 5) is 11.2. The maximum absolute atomic E-state index is 11.2. The smallest absolute Gasteiger partial charge is 0.344 e. The highest BCUT2D eigenvalue weighted by atomic mass is 16.5. The molecular formula is C17H25NO3. The molecule has 0 fully saturated rings. The Hall–Kier alpha value is -1.55. The van der Waals surface area contributed by atoms with E-state index >= 15 is 0 Å². The molecule has 0 radical (unpaired) electrons. The molecule has 1 aromatic carbocycles. The number of ether oxygens (including phenoxy) is 1. The Morgan fingerprint density at radius 1 is 1.48 bits per heavy atom. The lowest BCUT2D eigenvalue weighted by Gasteiger charge is -2.28. The molecule has 4 nitrogen and oxygen atoms in total. The average Bonchev–Trinajstić information content (AvgIpc) is 2.50. The number of carbonyl (C=O) groups is 1. The van der Waals surface area contributed by atoms with Gasteiger partial charge in [-0.2, -0.15) is 0 Å². The van der Waals surface area contributed by atoms with Gasteiger partial charge in [0.1, 0.15) is 5.75 Å². The van der Waals surface area contributed by atoms with Crippen LogP contribution in [0.5, 0.6) is 5.75 Å². The fraction of sp³-hybridized carbons (Fsp3) is 0.588. The first-order valence-electron chi connectivity index (χ1n) is 7.92. The van der Waals surface area contributed by atoms with E-state index in [2.05, 4.69) is 18.3 Å². The van der Waals surface area contributed by atoms with Crippen LogP contribution in [0.4, 0.5) is 0 Å². The molecule has 0 aromatic heterocycles. The van der Waals surface area contributed by atoms with E-state index in [1.54, 1.807) is 0 Å². The number of nitrogens with one attached hydrogen (secondary N) is 1. The summed E-state index contributed by atoms with van der Waals surface area (Å²) >= 11 is 0. The lowest BCUT2D eigenvalue weighted by Crippen LogP contribution is -2.29. The molecule has 2 rings (SSSR count). The van der Waals surface area contributed by atoms with Gasteiger partial charge in [-0.05, 0) is 55.8 Å². The van der Waals surface area contributed by atoms with E-state index in [4.69, 9.17) is 9.84 Å². The second-order valence-corrected chi connectivity index (χ2v) is 5.58. The van der Waals surface area contributed by atoms with E-state index in [0.717, 1.165) is 38.0 Å². The quantitative estimate of drug-likeness (QED) is 0.809.